The number of nitrogen functional groups attached to an aromatic ring is 1. The summed E-state index contributed by atoms with van der Waals surface area (Å²) < 4.78 is 0.279. The first-order chi connectivity index (χ1) is 7.67. The number of hydrogen-bond donors (Lipinski definition) is 2. The minimum atomic E-state index is -0.0344. The van der Waals surface area contributed by atoms with Crippen LogP contribution in [0.4, 0.5) is 5.69 Å². The normalized spacial score (nSPS) is 17.8. The third-order valence-electron chi connectivity index (χ3n) is 3.17. The Hall–Kier alpha value is -0.680. The number of thiophene rings is 1. The van der Waals surface area contributed by atoms with Gasteiger partial charge in [-0.05, 0) is 30.5 Å². The molecule has 0 radical (unpaired) electrons. The second-order valence-electron chi connectivity index (χ2n) is 4.13. The highest BCUT2D eigenvalue weighted by Gasteiger charge is 2.36. The Morgan fingerprint density at radius 3 is 2.88 bits per heavy atom. The smallest absolute Gasteiger partial charge is 0.263 e. The topological polar surface area (TPSA) is 55.1 Å². The second kappa shape index (κ2) is 4.67. The molecule has 1 aliphatic carbocycles. The fraction of sp³-hybridized carbons (Fsp3) is 0.545. The molecule has 3 nitrogen and oxygen atoms in total. The van der Waals surface area contributed by atoms with Crippen LogP contribution in [0.2, 0.25) is 0 Å². The molecular formula is C11H16N2OS2. The van der Waals surface area contributed by atoms with Crippen LogP contribution in [-0.2, 0) is 0 Å². The summed E-state index contributed by atoms with van der Waals surface area (Å²) in [5.74, 6) is -0.0344. The fourth-order valence-electron chi connectivity index (χ4n) is 1.85. The lowest BCUT2D eigenvalue weighted by atomic mass is 9.84. The summed E-state index contributed by atoms with van der Waals surface area (Å²) in [7, 11) is 0. The Bertz CT molecular complexity index is 380. The minimum Gasteiger partial charge on any atom is -0.397 e. The molecule has 0 saturated heterocycles. The first-order valence-corrected chi connectivity index (χ1v) is 7.44. The predicted octanol–water partition coefficient (Wildman–Crippen LogP) is 2.35. The SMILES string of the molecule is CSC1(CNC(=O)c2sccc2N)CCC1. The van der Waals surface area contributed by atoms with Crippen LogP contribution in [0.5, 0.6) is 0 Å². The molecule has 0 spiro atoms. The van der Waals surface area contributed by atoms with Gasteiger partial charge in [-0.1, -0.05) is 6.42 Å². The number of amides is 1. The van der Waals surface area contributed by atoms with Gasteiger partial charge >= 0.3 is 0 Å². The number of nitrogens with two attached hydrogens (primary N) is 1. The Labute approximate surface area is 104 Å². The summed E-state index contributed by atoms with van der Waals surface area (Å²) in [5, 5.41) is 4.84. The molecule has 88 valence electrons. The van der Waals surface area contributed by atoms with E-state index in [2.05, 4.69) is 11.6 Å². The summed E-state index contributed by atoms with van der Waals surface area (Å²) in [6, 6.07) is 1.77. The summed E-state index contributed by atoms with van der Waals surface area (Å²) in [6.07, 6.45) is 5.80. The lowest BCUT2D eigenvalue weighted by Crippen LogP contribution is -2.45. The molecule has 0 unspecified atom stereocenters. The van der Waals surface area contributed by atoms with Crippen molar-refractivity contribution in [2.24, 2.45) is 0 Å². The Kier molecular flexibility index (Phi) is 3.44. The largest absolute Gasteiger partial charge is 0.397 e. The molecule has 3 N–H and O–H groups in total. The molecule has 1 heterocycles. The maximum Gasteiger partial charge on any atom is 0.263 e. The lowest BCUT2D eigenvalue weighted by Gasteiger charge is -2.40. The van der Waals surface area contributed by atoms with Gasteiger partial charge in [-0.3, -0.25) is 4.79 Å². The molecule has 1 aliphatic rings. The number of rotatable bonds is 4. The molecule has 0 aromatic carbocycles. The van der Waals surface area contributed by atoms with Gasteiger partial charge in [0, 0.05) is 11.3 Å². The van der Waals surface area contributed by atoms with Gasteiger partial charge in [0.15, 0.2) is 0 Å². The van der Waals surface area contributed by atoms with E-state index < -0.39 is 0 Å². The molecule has 1 aromatic rings. The van der Waals surface area contributed by atoms with Gasteiger partial charge in [0.2, 0.25) is 0 Å². The van der Waals surface area contributed by atoms with Crippen LogP contribution in [-0.4, -0.2) is 23.5 Å². The maximum atomic E-state index is 11.8. The van der Waals surface area contributed by atoms with Crippen LogP contribution in [0, 0.1) is 0 Å². The molecule has 16 heavy (non-hydrogen) atoms. The molecular weight excluding hydrogens is 240 g/mol. The fourth-order valence-corrected chi connectivity index (χ4v) is 3.50. The molecule has 1 saturated carbocycles. The average Bonchev–Trinajstić information content (AvgIpc) is 2.63. The van der Waals surface area contributed by atoms with Crippen LogP contribution in [0.1, 0.15) is 28.9 Å². The van der Waals surface area contributed by atoms with E-state index in [1.165, 1.54) is 30.6 Å². The first-order valence-electron chi connectivity index (χ1n) is 5.33. The van der Waals surface area contributed by atoms with Crippen molar-refractivity contribution in [2.45, 2.75) is 24.0 Å². The Morgan fingerprint density at radius 2 is 2.44 bits per heavy atom. The van der Waals surface area contributed by atoms with Gasteiger partial charge in [-0.25, -0.2) is 0 Å². The first kappa shape index (κ1) is 11.8. The number of nitrogens with one attached hydrogen (secondary N) is 1. The van der Waals surface area contributed by atoms with E-state index in [0.717, 1.165) is 6.54 Å². The third kappa shape index (κ3) is 2.20. The quantitative estimate of drug-likeness (QED) is 0.869. The molecule has 1 aromatic heterocycles. The van der Waals surface area contributed by atoms with Crippen molar-refractivity contribution < 1.29 is 4.79 Å². The zero-order valence-electron chi connectivity index (χ0n) is 9.29. The summed E-state index contributed by atoms with van der Waals surface area (Å²) in [6.45, 7) is 0.754. The van der Waals surface area contributed by atoms with E-state index in [-0.39, 0.29) is 10.7 Å². The highest BCUT2D eigenvalue weighted by atomic mass is 32.2. The number of hydrogen-bond acceptors (Lipinski definition) is 4. The van der Waals surface area contributed by atoms with E-state index in [4.69, 9.17) is 5.73 Å². The molecule has 0 atom stereocenters. The van der Waals surface area contributed by atoms with E-state index in [1.54, 1.807) is 6.07 Å². The number of carbonyl (C=O) groups is 1. The number of carbonyl (C=O) groups excluding carboxylic acids is 1. The molecule has 0 aliphatic heterocycles. The van der Waals surface area contributed by atoms with Gasteiger partial charge < -0.3 is 11.1 Å². The predicted molar refractivity (Wildman–Crippen MR) is 71.2 cm³/mol. The lowest BCUT2D eigenvalue weighted by molar-refractivity contribution is 0.0949. The molecule has 2 rings (SSSR count). The summed E-state index contributed by atoms with van der Waals surface area (Å²) in [5.41, 5.74) is 6.28. The standard InChI is InChI=1S/C11H16N2OS2/c1-15-11(4-2-5-11)7-13-10(14)9-8(12)3-6-16-9/h3,6H,2,4-5,7,12H2,1H3,(H,13,14). The number of thioether (sulfide) groups is 1. The van der Waals surface area contributed by atoms with E-state index in [9.17, 15) is 4.79 Å². The van der Waals surface area contributed by atoms with Gasteiger partial charge in [-0.2, -0.15) is 11.8 Å². The number of anilines is 1. The third-order valence-corrected chi connectivity index (χ3v) is 5.52. The van der Waals surface area contributed by atoms with Gasteiger partial charge in [-0.15, -0.1) is 11.3 Å². The highest BCUT2D eigenvalue weighted by Crippen LogP contribution is 2.42. The van der Waals surface area contributed by atoms with E-state index in [1.807, 2.05) is 17.1 Å². The molecule has 0 bridgehead atoms. The molecule has 1 fully saturated rings. The van der Waals surface area contributed by atoms with Crippen molar-refractivity contribution >= 4 is 34.7 Å². The van der Waals surface area contributed by atoms with E-state index in [0.29, 0.717) is 10.6 Å². The zero-order chi connectivity index (χ0) is 11.6. The summed E-state index contributed by atoms with van der Waals surface area (Å²) >= 11 is 3.26. The Morgan fingerprint density at radius 1 is 1.69 bits per heavy atom. The van der Waals surface area contributed by atoms with Crippen LogP contribution in [0.3, 0.4) is 0 Å². The van der Waals surface area contributed by atoms with Crippen molar-refractivity contribution in [3.05, 3.63) is 16.3 Å². The maximum absolute atomic E-state index is 11.8. The molecule has 1 amide bonds. The van der Waals surface area contributed by atoms with Crippen LogP contribution >= 0.6 is 23.1 Å². The van der Waals surface area contributed by atoms with Gasteiger partial charge in [0.05, 0.1) is 5.69 Å². The van der Waals surface area contributed by atoms with Crippen molar-refractivity contribution in [1.82, 2.24) is 5.32 Å². The van der Waals surface area contributed by atoms with Crippen LogP contribution < -0.4 is 11.1 Å². The average molecular weight is 256 g/mol. The van der Waals surface area contributed by atoms with Crippen LogP contribution in [0.25, 0.3) is 0 Å². The molecule has 5 heteroatoms. The van der Waals surface area contributed by atoms with Crippen molar-refractivity contribution in [3.8, 4) is 0 Å². The Balaban J connectivity index is 1.91. The van der Waals surface area contributed by atoms with Crippen molar-refractivity contribution in [1.29, 1.82) is 0 Å². The highest BCUT2D eigenvalue weighted by molar-refractivity contribution is 8.00. The van der Waals surface area contributed by atoms with Gasteiger partial charge in [0.1, 0.15) is 4.88 Å². The van der Waals surface area contributed by atoms with Crippen LogP contribution in [0.15, 0.2) is 11.4 Å². The monoisotopic (exact) mass is 256 g/mol. The van der Waals surface area contributed by atoms with Crippen molar-refractivity contribution in [3.63, 3.8) is 0 Å². The van der Waals surface area contributed by atoms with Crippen molar-refractivity contribution in [2.75, 3.05) is 18.5 Å². The summed E-state index contributed by atoms with van der Waals surface area (Å²) in [4.78, 5) is 12.5. The van der Waals surface area contributed by atoms with E-state index >= 15 is 0 Å². The minimum absolute atomic E-state index is 0.0344. The van der Waals surface area contributed by atoms with Gasteiger partial charge in [0.25, 0.3) is 5.91 Å². The zero-order valence-corrected chi connectivity index (χ0v) is 10.9. The second-order valence-corrected chi connectivity index (χ2v) is 6.32.